The molecule has 0 saturated carbocycles. The molecular weight excluding hydrogens is 446 g/mol. The van der Waals surface area contributed by atoms with Crippen molar-refractivity contribution in [2.45, 2.75) is 5.16 Å². The van der Waals surface area contributed by atoms with E-state index in [9.17, 15) is 13.2 Å². The molecule has 6 nitrogen and oxygen atoms in total. The summed E-state index contributed by atoms with van der Waals surface area (Å²) in [6.45, 7) is 0.261. The summed E-state index contributed by atoms with van der Waals surface area (Å²) >= 11 is 4.39. The van der Waals surface area contributed by atoms with Crippen LogP contribution in [0.5, 0.6) is 0 Å². The molecule has 0 fully saturated rings. The lowest BCUT2D eigenvalue weighted by Crippen LogP contribution is -2.25. The van der Waals surface area contributed by atoms with E-state index in [-0.39, 0.29) is 12.1 Å². The van der Waals surface area contributed by atoms with Gasteiger partial charge in [-0.15, -0.1) is 22.7 Å². The summed E-state index contributed by atoms with van der Waals surface area (Å²) in [6, 6.07) is 13.3. The number of aromatic nitrogens is 2. The van der Waals surface area contributed by atoms with E-state index < -0.39 is 10.0 Å². The van der Waals surface area contributed by atoms with E-state index in [0.717, 1.165) is 22.4 Å². The number of thiophene rings is 2. The van der Waals surface area contributed by atoms with Crippen LogP contribution in [0.1, 0.15) is 0 Å². The molecule has 0 radical (unpaired) electrons. The summed E-state index contributed by atoms with van der Waals surface area (Å²) < 4.78 is 26.6. The number of fused-ring (bicyclic) bond motifs is 1. The number of nitrogens with one attached hydrogen (secondary N) is 1. The number of benzene rings is 1. The van der Waals surface area contributed by atoms with Gasteiger partial charge in [-0.05, 0) is 23.6 Å². The van der Waals surface area contributed by atoms with Crippen molar-refractivity contribution < 1.29 is 8.42 Å². The van der Waals surface area contributed by atoms with Gasteiger partial charge in [-0.25, -0.2) is 18.1 Å². The highest BCUT2D eigenvalue weighted by Crippen LogP contribution is 2.35. The van der Waals surface area contributed by atoms with Gasteiger partial charge in [0.05, 0.1) is 17.3 Å². The van der Waals surface area contributed by atoms with E-state index in [4.69, 9.17) is 4.98 Å². The molecule has 0 unspecified atom stereocenters. The van der Waals surface area contributed by atoms with Crippen LogP contribution in [-0.4, -0.2) is 36.5 Å². The Bertz CT molecular complexity index is 1290. The maximum atomic E-state index is 13.5. The maximum Gasteiger partial charge on any atom is 0.268 e. The zero-order valence-corrected chi connectivity index (χ0v) is 18.6. The summed E-state index contributed by atoms with van der Waals surface area (Å²) in [5, 5.41) is 5.12. The van der Waals surface area contributed by atoms with Gasteiger partial charge in [-0.2, -0.15) is 0 Å². The molecule has 10 heteroatoms. The topological polar surface area (TPSA) is 81.1 Å². The quantitative estimate of drug-likeness (QED) is 0.256. The molecule has 0 amide bonds. The molecule has 29 heavy (non-hydrogen) atoms. The van der Waals surface area contributed by atoms with Crippen molar-refractivity contribution in [3.8, 4) is 16.1 Å². The van der Waals surface area contributed by atoms with Gasteiger partial charge in [-0.3, -0.25) is 9.36 Å². The summed E-state index contributed by atoms with van der Waals surface area (Å²) in [5.74, 6) is 0.459. The lowest BCUT2D eigenvalue weighted by molar-refractivity contribution is 0.590. The van der Waals surface area contributed by atoms with Crippen LogP contribution in [0.4, 0.5) is 0 Å². The maximum absolute atomic E-state index is 13.5. The van der Waals surface area contributed by atoms with Crippen molar-refractivity contribution in [3.05, 3.63) is 63.6 Å². The monoisotopic (exact) mass is 463 g/mol. The van der Waals surface area contributed by atoms with Crippen molar-refractivity contribution >= 4 is 54.7 Å². The smallest absolute Gasteiger partial charge is 0.268 e. The van der Waals surface area contributed by atoms with Crippen molar-refractivity contribution in [2.24, 2.45) is 0 Å². The van der Waals surface area contributed by atoms with Crippen LogP contribution in [0.25, 0.3) is 26.3 Å². The highest BCUT2D eigenvalue weighted by molar-refractivity contribution is 7.99. The highest BCUT2D eigenvalue weighted by Gasteiger charge is 2.19. The van der Waals surface area contributed by atoms with Crippen LogP contribution in [0.3, 0.4) is 0 Å². The molecule has 1 aromatic carbocycles. The molecule has 0 aliphatic rings. The van der Waals surface area contributed by atoms with Crippen molar-refractivity contribution in [1.29, 1.82) is 0 Å². The van der Waals surface area contributed by atoms with E-state index in [0.29, 0.717) is 21.1 Å². The number of hydrogen-bond donors (Lipinski definition) is 1. The molecule has 0 aliphatic carbocycles. The Hall–Kier alpha value is -1.98. The van der Waals surface area contributed by atoms with Crippen molar-refractivity contribution in [1.82, 2.24) is 14.3 Å². The first-order chi connectivity index (χ1) is 13.9. The molecule has 0 bridgehead atoms. The summed E-state index contributed by atoms with van der Waals surface area (Å²) in [4.78, 5) is 20.0. The van der Waals surface area contributed by atoms with Crippen LogP contribution in [-0.2, 0) is 10.0 Å². The minimum atomic E-state index is -3.25. The normalized spacial score (nSPS) is 11.9. The Morgan fingerprint density at radius 3 is 2.62 bits per heavy atom. The Labute approximate surface area is 180 Å². The summed E-state index contributed by atoms with van der Waals surface area (Å²) in [6.07, 6.45) is 1.12. The van der Waals surface area contributed by atoms with Gasteiger partial charge in [0, 0.05) is 28.1 Å². The molecule has 150 valence electrons. The summed E-state index contributed by atoms with van der Waals surface area (Å²) in [7, 11) is -3.25. The standard InChI is InChI=1S/C19H17N3O3S4/c1-29(24,25)20-9-11-27-19-21-17-16(14(12-28-17)15-8-5-10-26-15)18(23)22(19)13-6-3-2-4-7-13/h2-8,10,12,20H,9,11H2,1H3. The average Bonchev–Trinajstić information content (AvgIpc) is 3.35. The van der Waals surface area contributed by atoms with Gasteiger partial charge in [-0.1, -0.05) is 36.0 Å². The first kappa shape index (κ1) is 20.3. The molecule has 0 spiro atoms. The minimum Gasteiger partial charge on any atom is -0.268 e. The fraction of sp³-hybridized carbons (Fsp3) is 0.158. The van der Waals surface area contributed by atoms with E-state index in [2.05, 4.69) is 4.72 Å². The van der Waals surface area contributed by atoms with Gasteiger partial charge in [0.25, 0.3) is 5.56 Å². The molecule has 4 aromatic rings. The number of para-hydroxylation sites is 1. The predicted octanol–water partition coefficient (Wildman–Crippen LogP) is 3.82. The number of thioether (sulfide) groups is 1. The summed E-state index contributed by atoms with van der Waals surface area (Å²) in [5.41, 5.74) is 1.51. The molecule has 0 aliphatic heterocycles. The van der Waals surface area contributed by atoms with Crippen LogP contribution in [0.2, 0.25) is 0 Å². The van der Waals surface area contributed by atoms with Gasteiger partial charge >= 0.3 is 0 Å². The third-order valence-electron chi connectivity index (χ3n) is 4.08. The molecular formula is C19H17N3O3S4. The fourth-order valence-corrected chi connectivity index (χ4v) is 6.13. The second kappa shape index (κ2) is 8.41. The Kier molecular flexibility index (Phi) is 5.88. The van der Waals surface area contributed by atoms with Crippen LogP contribution in [0, 0.1) is 0 Å². The predicted molar refractivity (Wildman–Crippen MR) is 122 cm³/mol. The third kappa shape index (κ3) is 4.46. The third-order valence-corrected chi connectivity index (χ3v) is 7.52. The lowest BCUT2D eigenvalue weighted by atomic mass is 10.2. The van der Waals surface area contributed by atoms with E-state index in [1.165, 1.54) is 23.1 Å². The van der Waals surface area contributed by atoms with Gasteiger partial charge in [0.1, 0.15) is 4.83 Å². The van der Waals surface area contributed by atoms with Crippen LogP contribution >= 0.6 is 34.4 Å². The van der Waals surface area contributed by atoms with E-state index >= 15 is 0 Å². The number of hydrogen-bond acceptors (Lipinski definition) is 7. The average molecular weight is 464 g/mol. The van der Waals surface area contributed by atoms with Gasteiger partial charge in [0.2, 0.25) is 10.0 Å². The molecule has 0 saturated heterocycles. The number of sulfonamides is 1. The Morgan fingerprint density at radius 2 is 1.93 bits per heavy atom. The largest absolute Gasteiger partial charge is 0.268 e. The highest BCUT2D eigenvalue weighted by atomic mass is 32.2. The first-order valence-corrected chi connectivity index (χ1v) is 13.3. The minimum absolute atomic E-state index is 0.121. The molecule has 0 atom stereocenters. The molecule has 3 aromatic heterocycles. The fourth-order valence-electron chi connectivity index (χ4n) is 2.86. The van der Waals surface area contributed by atoms with E-state index in [1.54, 1.807) is 15.9 Å². The lowest BCUT2D eigenvalue weighted by Gasteiger charge is -2.12. The first-order valence-electron chi connectivity index (χ1n) is 8.65. The van der Waals surface area contributed by atoms with Gasteiger partial charge < -0.3 is 0 Å². The molecule has 1 N–H and O–H groups in total. The zero-order valence-electron chi connectivity index (χ0n) is 15.4. The van der Waals surface area contributed by atoms with Crippen LogP contribution in [0.15, 0.2) is 63.2 Å². The van der Waals surface area contributed by atoms with Crippen LogP contribution < -0.4 is 10.3 Å². The number of rotatable bonds is 7. The zero-order chi connectivity index (χ0) is 20.4. The Morgan fingerprint density at radius 1 is 1.14 bits per heavy atom. The Balaban J connectivity index is 1.81. The second-order valence-corrected chi connectivity index (χ2v) is 10.9. The molecule has 4 rings (SSSR count). The number of nitrogens with zero attached hydrogens (tertiary/aromatic N) is 2. The molecule has 3 heterocycles. The second-order valence-electron chi connectivity index (χ2n) is 6.19. The van der Waals surface area contributed by atoms with Crippen molar-refractivity contribution in [3.63, 3.8) is 0 Å². The SMILES string of the molecule is CS(=O)(=O)NCCSc1nc2scc(-c3cccs3)c2c(=O)n1-c1ccccc1. The van der Waals surface area contributed by atoms with Gasteiger partial charge in [0.15, 0.2) is 5.16 Å². The van der Waals surface area contributed by atoms with Crippen molar-refractivity contribution in [2.75, 3.05) is 18.6 Å². The van der Waals surface area contributed by atoms with E-state index in [1.807, 2.05) is 53.2 Å².